The molecule has 1 aromatic carbocycles. The standard InChI is InChI=1S/C13H15ClF3NO2/c1-8(9-5-3-4-6-10(9)14)18(2)11(7-12(19)20)13(15,16)17/h3-6,8,11H,7H2,1-2H3,(H,19,20). The first-order chi connectivity index (χ1) is 9.14. The maximum atomic E-state index is 13.0. The van der Waals surface area contributed by atoms with E-state index in [1.54, 1.807) is 31.2 Å². The van der Waals surface area contributed by atoms with Crippen LogP contribution < -0.4 is 0 Å². The summed E-state index contributed by atoms with van der Waals surface area (Å²) in [6.45, 7) is 1.56. The SMILES string of the molecule is CC(c1ccccc1Cl)N(C)C(CC(=O)O)C(F)(F)F. The molecule has 3 nitrogen and oxygen atoms in total. The van der Waals surface area contributed by atoms with E-state index in [1.807, 2.05) is 0 Å². The van der Waals surface area contributed by atoms with Crippen molar-refractivity contribution in [3.05, 3.63) is 34.9 Å². The summed E-state index contributed by atoms with van der Waals surface area (Å²) in [4.78, 5) is 11.6. The van der Waals surface area contributed by atoms with Crippen molar-refractivity contribution in [1.29, 1.82) is 0 Å². The zero-order valence-corrected chi connectivity index (χ0v) is 11.7. The van der Waals surface area contributed by atoms with Crippen LogP contribution in [0.1, 0.15) is 24.9 Å². The lowest BCUT2D eigenvalue weighted by Crippen LogP contribution is -2.46. The molecule has 0 fully saturated rings. The van der Waals surface area contributed by atoms with Crippen LogP contribution in [0.3, 0.4) is 0 Å². The van der Waals surface area contributed by atoms with Crippen LogP contribution >= 0.6 is 11.6 Å². The molecule has 0 spiro atoms. The van der Waals surface area contributed by atoms with Crippen LogP contribution in [-0.2, 0) is 4.79 Å². The van der Waals surface area contributed by atoms with Crippen LogP contribution in [0.2, 0.25) is 5.02 Å². The number of carboxylic acid groups (broad SMARTS) is 1. The predicted molar refractivity (Wildman–Crippen MR) is 69.7 cm³/mol. The zero-order valence-electron chi connectivity index (χ0n) is 11.0. The Kier molecular flexibility index (Phi) is 5.42. The van der Waals surface area contributed by atoms with Gasteiger partial charge in [0, 0.05) is 11.1 Å². The number of hydrogen-bond donors (Lipinski definition) is 1. The second-order valence-corrected chi connectivity index (χ2v) is 4.93. The van der Waals surface area contributed by atoms with Gasteiger partial charge in [-0.05, 0) is 25.6 Å². The van der Waals surface area contributed by atoms with Gasteiger partial charge in [-0.15, -0.1) is 0 Å². The maximum absolute atomic E-state index is 13.0. The maximum Gasteiger partial charge on any atom is 0.404 e. The van der Waals surface area contributed by atoms with Gasteiger partial charge in [0.15, 0.2) is 0 Å². The summed E-state index contributed by atoms with van der Waals surface area (Å²) in [7, 11) is 1.25. The molecule has 0 radical (unpaired) electrons. The van der Waals surface area contributed by atoms with Crippen molar-refractivity contribution in [1.82, 2.24) is 4.90 Å². The molecule has 1 rings (SSSR count). The summed E-state index contributed by atoms with van der Waals surface area (Å²) in [5.74, 6) is -1.49. The van der Waals surface area contributed by atoms with Gasteiger partial charge in [0.1, 0.15) is 6.04 Å². The Morgan fingerprint density at radius 1 is 1.40 bits per heavy atom. The second kappa shape index (κ2) is 6.45. The van der Waals surface area contributed by atoms with E-state index in [0.29, 0.717) is 10.6 Å². The van der Waals surface area contributed by atoms with E-state index in [4.69, 9.17) is 16.7 Å². The topological polar surface area (TPSA) is 40.5 Å². The highest BCUT2D eigenvalue weighted by Gasteiger charge is 2.45. The Morgan fingerprint density at radius 2 is 1.95 bits per heavy atom. The Hall–Kier alpha value is -1.27. The monoisotopic (exact) mass is 309 g/mol. The molecule has 20 heavy (non-hydrogen) atoms. The molecule has 0 saturated heterocycles. The number of alkyl halides is 3. The van der Waals surface area contributed by atoms with Gasteiger partial charge in [0.25, 0.3) is 0 Å². The molecular weight excluding hydrogens is 295 g/mol. The number of benzene rings is 1. The van der Waals surface area contributed by atoms with Crippen LogP contribution in [0.5, 0.6) is 0 Å². The number of hydrogen-bond acceptors (Lipinski definition) is 2. The van der Waals surface area contributed by atoms with Crippen molar-refractivity contribution >= 4 is 17.6 Å². The summed E-state index contributed by atoms with van der Waals surface area (Å²) >= 11 is 5.96. The molecule has 0 aliphatic heterocycles. The van der Waals surface area contributed by atoms with E-state index in [9.17, 15) is 18.0 Å². The van der Waals surface area contributed by atoms with Gasteiger partial charge in [-0.3, -0.25) is 9.69 Å². The zero-order chi connectivity index (χ0) is 15.5. The van der Waals surface area contributed by atoms with Crippen LogP contribution in [0.4, 0.5) is 13.2 Å². The summed E-state index contributed by atoms with van der Waals surface area (Å²) in [5, 5.41) is 9.00. The second-order valence-electron chi connectivity index (χ2n) is 4.52. The van der Waals surface area contributed by atoms with Gasteiger partial charge in [-0.2, -0.15) is 13.2 Å². The van der Waals surface area contributed by atoms with Crippen molar-refractivity contribution in [2.75, 3.05) is 7.05 Å². The summed E-state index contributed by atoms with van der Waals surface area (Å²) < 4.78 is 38.9. The number of halogens is 4. The number of rotatable bonds is 5. The molecule has 7 heteroatoms. The van der Waals surface area contributed by atoms with E-state index < -0.39 is 30.7 Å². The van der Waals surface area contributed by atoms with Crippen LogP contribution in [-0.4, -0.2) is 35.2 Å². The van der Waals surface area contributed by atoms with Crippen molar-refractivity contribution < 1.29 is 23.1 Å². The Bertz CT molecular complexity index is 479. The fraction of sp³-hybridized carbons (Fsp3) is 0.462. The summed E-state index contributed by atoms with van der Waals surface area (Å²) in [5.41, 5.74) is 0.524. The first-order valence-corrected chi connectivity index (χ1v) is 6.27. The fourth-order valence-electron chi connectivity index (χ4n) is 1.96. The third-order valence-corrected chi connectivity index (χ3v) is 3.55. The van der Waals surface area contributed by atoms with E-state index in [1.165, 1.54) is 7.05 Å². The molecule has 0 saturated carbocycles. The Labute approximate surface area is 120 Å². The number of nitrogens with zero attached hydrogens (tertiary/aromatic N) is 1. The first kappa shape index (κ1) is 16.8. The minimum Gasteiger partial charge on any atom is -0.481 e. The van der Waals surface area contributed by atoms with Crippen LogP contribution in [0.25, 0.3) is 0 Å². The highest BCUT2D eigenvalue weighted by atomic mass is 35.5. The van der Waals surface area contributed by atoms with Crippen LogP contribution in [0.15, 0.2) is 24.3 Å². The highest BCUT2D eigenvalue weighted by Crippen LogP contribution is 2.34. The smallest absolute Gasteiger partial charge is 0.404 e. The van der Waals surface area contributed by atoms with E-state index >= 15 is 0 Å². The molecule has 2 unspecified atom stereocenters. The minimum atomic E-state index is -4.62. The van der Waals surface area contributed by atoms with Crippen molar-refractivity contribution in [2.24, 2.45) is 0 Å². The summed E-state index contributed by atoms with van der Waals surface area (Å²) in [6, 6.07) is 3.84. The van der Waals surface area contributed by atoms with Crippen molar-refractivity contribution in [3.63, 3.8) is 0 Å². The number of carbonyl (C=O) groups is 1. The molecule has 0 amide bonds. The number of carboxylic acids is 1. The third-order valence-electron chi connectivity index (χ3n) is 3.20. The highest BCUT2D eigenvalue weighted by molar-refractivity contribution is 6.31. The number of aliphatic carboxylic acids is 1. The summed E-state index contributed by atoms with van der Waals surface area (Å²) in [6.07, 6.45) is -5.63. The van der Waals surface area contributed by atoms with Crippen LogP contribution in [0, 0.1) is 0 Å². The Balaban J connectivity index is 3.03. The lowest BCUT2D eigenvalue weighted by atomic mass is 10.0. The molecule has 0 bridgehead atoms. The molecular formula is C13H15ClF3NO2. The molecule has 0 aliphatic carbocycles. The van der Waals surface area contributed by atoms with E-state index in [0.717, 1.165) is 4.90 Å². The van der Waals surface area contributed by atoms with E-state index in [-0.39, 0.29) is 0 Å². The molecule has 112 valence electrons. The van der Waals surface area contributed by atoms with Gasteiger partial charge >= 0.3 is 12.1 Å². The first-order valence-electron chi connectivity index (χ1n) is 5.89. The third kappa shape index (κ3) is 4.11. The fourth-order valence-corrected chi connectivity index (χ4v) is 2.25. The molecule has 0 aromatic heterocycles. The molecule has 1 aromatic rings. The van der Waals surface area contributed by atoms with Gasteiger partial charge < -0.3 is 5.11 Å². The average molecular weight is 310 g/mol. The molecule has 1 N–H and O–H groups in total. The van der Waals surface area contributed by atoms with Gasteiger partial charge in [0.05, 0.1) is 6.42 Å². The minimum absolute atomic E-state index is 0.350. The molecule has 0 heterocycles. The van der Waals surface area contributed by atoms with E-state index in [2.05, 4.69) is 0 Å². The molecule has 0 aliphatic rings. The predicted octanol–water partition coefficient (Wildman–Crippen LogP) is 3.74. The molecule has 2 atom stereocenters. The van der Waals surface area contributed by atoms with Crippen molar-refractivity contribution in [3.8, 4) is 0 Å². The van der Waals surface area contributed by atoms with Crippen molar-refractivity contribution in [2.45, 2.75) is 31.6 Å². The largest absolute Gasteiger partial charge is 0.481 e. The lowest BCUT2D eigenvalue weighted by molar-refractivity contribution is -0.192. The normalized spacial score (nSPS) is 15.2. The quantitative estimate of drug-likeness (QED) is 0.901. The lowest BCUT2D eigenvalue weighted by Gasteiger charge is -2.34. The van der Waals surface area contributed by atoms with Gasteiger partial charge in [0.2, 0.25) is 0 Å². The Morgan fingerprint density at radius 3 is 2.40 bits per heavy atom. The average Bonchev–Trinajstić information content (AvgIpc) is 2.33. The van der Waals surface area contributed by atoms with Gasteiger partial charge in [-0.1, -0.05) is 29.8 Å². The van der Waals surface area contributed by atoms with Gasteiger partial charge in [-0.25, -0.2) is 0 Å².